The standard InChI is InChI=1S/C19H19NO5/c1-12(21)14-4-7-16(8-5-14)20-19(23)11-25-17-9-6-15(13(2)22)10-18(17)24-3/h4-10H,11H2,1-3H3,(H,20,23). The van der Waals surface area contributed by atoms with E-state index in [-0.39, 0.29) is 24.1 Å². The van der Waals surface area contributed by atoms with Crippen molar-refractivity contribution >= 4 is 23.2 Å². The van der Waals surface area contributed by atoms with Crippen LogP contribution in [0, 0.1) is 0 Å². The van der Waals surface area contributed by atoms with E-state index in [0.717, 1.165) is 0 Å². The van der Waals surface area contributed by atoms with Crippen LogP contribution in [-0.4, -0.2) is 31.2 Å². The SMILES string of the molecule is COc1cc(C(C)=O)ccc1OCC(=O)Nc1ccc(C(C)=O)cc1. The molecule has 2 rings (SSSR count). The van der Waals surface area contributed by atoms with Gasteiger partial charge in [-0.25, -0.2) is 0 Å². The Balaban J connectivity index is 1.97. The van der Waals surface area contributed by atoms with Crippen LogP contribution in [0.2, 0.25) is 0 Å². The molecule has 130 valence electrons. The van der Waals surface area contributed by atoms with Gasteiger partial charge in [0.15, 0.2) is 29.7 Å². The van der Waals surface area contributed by atoms with Crippen molar-refractivity contribution in [1.82, 2.24) is 0 Å². The molecule has 0 aliphatic carbocycles. The van der Waals surface area contributed by atoms with Crippen LogP contribution >= 0.6 is 0 Å². The minimum Gasteiger partial charge on any atom is -0.493 e. The van der Waals surface area contributed by atoms with E-state index in [0.29, 0.717) is 28.3 Å². The lowest BCUT2D eigenvalue weighted by Gasteiger charge is -2.12. The van der Waals surface area contributed by atoms with Crippen LogP contribution in [0.25, 0.3) is 0 Å². The number of hydrogen-bond donors (Lipinski definition) is 1. The molecule has 0 aromatic heterocycles. The molecule has 0 aliphatic rings. The van der Waals surface area contributed by atoms with Gasteiger partial charge < -0.3 is 14.8 Å². The highest BCUT2D eigenvalue weighted by Gasteiger charge is 2.11. The minimum absolute atomic E-state index is 0.0395. The van der Waals surface area contributed by atoms with Gasteiger partial charge >= 0.3 is 0 Å². The van der Waals surface area contributed by atoms with E-state index < -0.39 is 0 Å². The Hall–Kier alpha value is -3.15. The van der Waals surface area contributed by atoms with E-state index in [9.17, 15) is 14.4 Å². The summed E-state index contributed by atoms with van der Waals surface area (Å²) in [6, 6.07) is 11.3. The number of benzene rings is 2. The summed E-state index contributed by atoms with van der Waals surface area (Å²) in [7, 11) is 1.46. The maximum absolute atomic E-state index is 12.0. The number of hydrogen-bond acceptors (Lipinski definition) is 5. The predicted octanol–water partition coefficient (Wildman–Crippen LogP) is 3.12. The van der Waals surface area contributed by atoms with Gasteiger partial charge in [0, 0.05) is 16.8 Å². The molecule has 2 aromatic rings. The largest absolute Gasteiger partial charge is 0.493 e. The molecule has 0 saturated carbocycles. The van der Waals surface area contributed by atoms with E-state index >= 15 is 0 Å². The van der Waals surface area contributed by atoms with Crippen LogP contribution in [-0.2, 0) is 4.79 Å². The molecule has 0 bridgehead atoms. The zero-order valence-electron chi connectivity index (χ0n) is 14.3. The Morgan fingerprint density at radius 1 is 0.880 bits per heavy atom. The Morgan fingerprint density at radius 2 is 1.48 bits per heavy atom. The molecule has 0 fully saturated rings. The number of rotatable bonds is 7. The van der Waals surface area contributed by atoms with Crippen LogP contribution in [0.3, 0.4) is 0 Å². The first kappa shape index (κ1) is 18.2. The second-order valence-corrected chi connectivity index (χ2v) is 5.39. The van der Waals surface area contributed by atoms with Crippen LogP contribution in [0.15, 0.2) is 42.5 Å². The van der Waals surface area contributed by atoms with E-state index in [1.165, 1.54) is 21.0 Å². The van der Waals surface area contributed by atoms with Crippen molar-refractivity contribution in [2.45, 2.75) is 13.8 Å². The second-order valence-electron chi connectivity index (χ2n) is 5.39. The molecule has 6 heteroatoms. The summed E-state index contributed by atoms with van der Waals surface area (Å²) < 4.78 is 10.6. The average molecular weight is 341 g/mol. The fraction of sp³-hybridized carbons (Fsp3) is 0.211. The summed E-state index contributed by atoms with van der Waals surface area (Å²) in [6.45, 7) is 2.72. The van der Waals surface area contributed by atoms with Gasteiger partial charge in [-0.2, -0.15) is 0 Å². The monoisotopic (exact) mass is 341 g/mol. The van der Waals surface area contributed by atoms with Gasteiger partial charge in [0.05, 0.1) is 7.11 Å². The Labute approximate surface area is 145 Å². The van der Waals surface area contributed by atoms with Crippen LogP contribution in [0.1, 0.15) is 34.6 Å². The molecular weight excluding hydrogens is 322 g/mol. The minimum atomic E-state index is -0.353. The molecule has 6 nitrogen and oxygen atoms in total. The number of amides is 1. The van der Waals surface area contributed by atoms with E-state index in [1.807, 2.05) is 0 Å². The zero-order valence-corrected chi connectivity index (χ0v) is 14.3. The number of ether oxygens (including phenoxy) is 2. The maximum Gasteiger partial charge on any atom is 0.262 e. The van der Waals surface area contributed by atoms with Crippen LogP contribution in [0.4, 0.5) is 5.69 Å². The summed E-state index contributed by atoms with van der Waals surface area (Å²) in [6.07, 6.45) is 0. The molecule has 0 saturated heterocycles. The number of methoxy groups -OCH3 is 1. The summed E-state index contributed by atoms with van der Waals surface area (Å²) in [4.78, 5) is 34.6. The lowest BCUT2D eigenvalue weighted by atomic mass is 10.1. The highest BCUT2D eigenvalue weighted by atomic mass is 16.5. The third-order valence-corrected chi connectivity index (χ3v) is 3.50. The zero-order chi connectivity index (χ0) is 18.4. The second kappa shape index (κ2) is 8.10. The van der Waals surface area contributed by atoms with Crippen molar-refractivity contribution in [3.8, 4) is 11.5 Å². The first-order chi connectivity index (χ1) is 11.9. The fourth-order valence-electron chi connectivity index (χ4n) is 2.13. The van der Waals surface area contributed by atoms with Gasteiger partial charge in [-0.15, -0.1) is 0 Å². The van der Waals surface area contributed by atoms with Gasteiger partial charge in [0.1, 0.15) is 0 Å². The third-order valence-electron chi connectivity index (χ3n) is 3.50. The number of anilines is 1. The lowest BCUT2D eigenvalue weighted by molar-refractivity contribution is -0.118. The number of carbonyl (C=O) groups is 3. The van der Waals surface area contributed by atoms with Gasteiger partial charge in [-0.3, -0.25) is 14.4 Å². The molecule has 0 atom stereocenters. The van der Waals surface area contributed by atoms with E-state index in [1.54, 1.807) is 42.5 Å². The van der Waals surface area contributed by atoms with Gasteiger partial charge in [-0.1, -0.05) is 0 Å². The molecule has 2 aromatic carbocycles. The highest BCUT2D eigenvalue weighted by Crippen LogP contribution is 2.28. The molecule has 0 heterocycles. The van der Waals surface area contributed by atoms with Crippen LogP contribution < -0.4 is 14.8 Å². The smallest absolute Gasteiger partial charge is 0.262 e. The van der Waals surface area contributed by atoms with Crippen molar-refractivity contribution in [2.24, 2.45) is 0 Å². The summed E-state index contributed by atoms with van der Waals surface area (Å²) in [5, 5.41) is 2.68. The molecule has 1 amide bonds. The Morgan fingerprint density at radius 3 is 2.04 bits per heavy atom. The number of ketones is 2. The van der Waals surface area contributed by atoms with Crippen molar-refractivity contribution in [3.05, 3.63) is 53.6 Å². The number of carbonyl (C=O) groups excluding carboxylic acids is 3. The molecular formula is C19H19NO5. The number of nitrogens with one attached hydrogen (secondary N) is 1. The summed E-state index contributed by atoms with van der Waals surface area (Å²) in [5.41, 5.74) is 1.64. The summed E-state index contributed by atoms with van der Waals surface area (Å²) in [5.74, 6) is 0.271. The normalized spacial score (nSPS) is 10.0. The first-order valence-corrected chi connectivity index (χ1v) is 7.63. The maximum atomic E-state index is 12.0. The first-order valence-electron chi connectivity index (χ1n) is 7.63. The van der Waals surface area contributed by atoms with Gasteiger partial charge in [0.2, 0.25) is 0 Å². The Bertz CT molecular complexity index is 796. The van der Waals surface area contributed by atoms with Gasteiger partial charge in [-0.05, 0) is 56.3 Å². The van der Waals surface area contributed by atoms with Crippen molar-refractivity contribution in [3.63, 3.8) is 0 Å². The quantitative estimate of drug-likeness (QED) is 0.783. The highest BCUT2D eigenvalue weighted by molar-refractivity contribution is 5.96. The average Bonchev–Trinajstić information content (AvgIpc) is 2.60. The molecule has 25 heavy (non-hydrogen) atoms. The molecule has 0 aliphatic heterocycles. The third kappa shape index (κ3) is 4.91. The predicted molar refractivity (Wildman–Crippen MR) is 93.6 cm³/mol. The number of Topliss-reactive ketones (excluding diaryl/α,β-unsaturated/α-hetero) is 2. The van der Waals surface area contributed by atoms with E-state index in [4.69, 9.17) is 9.47 Å². The van der Waals surface area contributed by atoms with Crippen molar-refractivity contribution < 1.29 is 23.9 Å². The molecule has 1 N–H and O–H groups in total. The van der Waals surface area contributed by atoms with Crippen molar-refractivity contribution in [1.29, 1.82) is 0 Å². The van der Waals surface area contributed by atoms with Crippen LogP contribution in [0.5, 0.6) is 11.5 Å². The topological polar surface area (TPSA) is 81.7 Å². The van der Waals surface area contributed by atoms with E-state index in [2.05, 4.69) is 5.32 Å². The van der Waals surface area contributed by atoms with Crippen molar-refractivity contribution in [2.75, 3.05) is 19.0 Å². The Kier molecular flexibility index (Phi) is 5.89. The fourth-order valence-corrected chi connectivity index (χ4v) is 2.13. The molecule has 0 radical (unpaired) electrons. The summed E-state index contributed by atoms with van der Waals surface area (Å²) >= 11 is 0. The molecule has 0 unspecified atom stereocenters. The lowest BCUT2D eigenvalue weighted by Crippen LogP contribution is -2.20. The van der Waals surface area contributed by atoms with Gasteiger partial charge in [0.25, 0.3) is 5.91 Å². The molecule has 0 spiro atoms.